The fraction of sp³-hybridized carbons (Fsp3) is 0.364. The molecule has 5 nitrogen and oxygen atoms in total. The first-order chi connectivity index (χ1) is 9.33. The summed E-state index contributed by atoms with van der Waals surface area (Å²) in [4.78, 5) is 0. The number of nitrogens with one attached hydrogen (secondary N) is 1. The molecule has 1 aliphatic heterocycles. The van der Waals surface area contributed by atoms with Crippen molar-refractivity contribution in [3.05, 3.63) is 24.3 Å². The standard InChI is InChI=1S/C11H11F3N2O3S/c1-6(9-15-16-10(20)18-9)17-7-2-4-8(5-3-7)19-11(12,13)14/h2-6,10,16,20H,1H3. The van der Waals surface area contributed by atoms with Crippen LogP contribution in [0.5, 0.6) is 11.5 Å². The third kappa shape index (κ3) is 4.12. The number of hydrazone groups is 1. The van der Waals surface area contributed by atoms with E-state index in [0.29, 0.717) is 11.6 Å². The predicted molar refractivity (Wildman–Crippen MR) is 67.6 cm³/mol. The molecule has 0 amide bonds. The van der Waals surface area contributed by atoms with E-state index in [1.807, 2.05) is 0 Å². The lowest BCUT2D eigenvalue weighted by atomic mass is 10.3. The Morgan fingerprint density at radius 2 is 1.90 bits per heavy atom. The molecule has 9 heteroatoms. The average molecular weight is 308 g/mol. The third-order valence-corrected chi connectivity index (χ3v) is 2.46. The first-order valence-corrected chi connectivity index (χ1v) is 6.05. The van der Waals surface area contributed by atoms with Crippen molar-refractivity contribution in [2.45, 2.75) is 24.9 Å². The van der Waals surface area contributed by atoms with Gasteiger partial charge in [0.05, 0.1) is 0 Å². The number of thiol groups is 1. The van der Waals surface area contributed by atoms with E-state index in [-0.39, 0.29) is 5.75 Å². The molecule has 20 heavy (non-hydrogen) atoms. The molecule has 0 saturated carbocycles. The van der Waals surface area contributed by atoms with Crippen molar-refractivity contribution in [1.29, 1.82) is 0 Å². The van der Waals surface area contributed by atoms with E-state index in [0.717, 1.165) is 12.1 Å². The van der Waals surface area contributed by atoms with Gasteiger partial charge in [-0.15, -0.1) is 30.9 Å². The largest absolute Gasteiger partial charge is 0.573 e. The van der Waals surface area contributed by atoms with Crippen LogP contribution >= 0.6 is 12.6 Å². The maximum absolute atomic E-state index is 12.0. The smallest absolute Gasteiger partial charge is 0.481 e. The van der Waals surface area contributed by atoms with Crippen molar-refractivity contribution < 1.29 is 27.4 Å². The molecule has 0 radical (unpaired) electrons. The van der Waals surface area contributed by atoms with Crippen LogP contribution in [0.25, 0.3) is 0 Å². The summed E-state index contributed by atoms with van der Waals surface area (Å²) in [5, 5.41) is 3.85. The molecule has 1 aromatic carbocycles. The molecule has 1 heterocycles. The van der Waals surface area contributed by atoms with Crippen LogP contribution in [-0.2, 0) is 4.74 Å². The van der Waals surface area contributed by atoms with Crippen LogP contribution < -0.4 is 14.9 Å². The van der Waals surface area contributed by atoms with Crippen LogP contribution in [0.15, 0.2) is 29.4 Å². The van der Waals surface area contributed by atoms with Gasteiger partial charge in [-0.25, -0.2) is 0 Å². The topological polar surface area (TPSA) is 52.1 Å². The van der Waals surface area contributed by atoms with E-state index in [4.69, 9.17) is 9.47 Å². The Balaban J connectivity index is 1.94. The first-order valence-electron chi connectivity index (χ1n) is 5.54. The molecule has 0 bridgehead atoms. The number of alkyl halides is 3. The van der Waals surface area contributed by atoms with Gasteiger partial charge in [0.1, 0.15) is 11.5 Å². The Bertz CT molecular complexity index is 493. The highest BCUT2D eigenvalue weighted by molar-refractivity contribution is 7.80. The van der Waals surface area contributed by atoms with Crippen LogP contribution in [0.1, 0.15) is 6.92 Å². The number of hydrogen-bond acceptors (Lipinski definition) is 6. The summed E-state index contributed by atoms with van der Waals surface area (Å²) in [5.74, 6) is 0.352. The molecule has 2 atom stereocenters. The van der Waals surface area contributed by atoms with Gasteiger partial charge in [-0.1, -0.05) is 0 Å². The second-order valence-electron chi connectivity index (χ2n) is 3.83. The van der Waals surface area contributed by atoms with E-state index < -0.39 is 18.0 Å². The lowest BCUT2D eigenvalue weighted by Crippen LogP contribution is -2.25. The Kier molecular flexibility index (Phi) is 4.17. The molecule has 0 saturated heterocycles. The van der Waals surface area contributed by atoms with Gasteiger partial charge < -0.3 is 14.2 Å². The molecule has 1 aliphatic rings. The van der Waals surface area contributed by atoms with Gasteiger partial charge in [0.25, 0.3) is 0 Å². The third-order valence-electron chi connectivity index (χ3n) is 2.24. The number of ether oxygens (including phenoxy) is 3. The number of benzene rings is 1. The van der Waals surface area contributed by atoms with Crippen LogP contribution in [0.4, 0.5) is 13.2 Å². The lowest BCUT2D eigenvalue weighted by molar-refractivity contribution is -0.274. The Morgan fingerprint density at radius 3 is 2.40 bits per heavy atom. The summed E-state index contributed by atoms with van der Waals surface area (Å²) in [6.07, 6.45) is -5.22. The molecule has 0 aliphatic carbocycles. The SMILES string of the molecule is CC(Oc1ccc(OC(F)(F)F)cc1)C1=NNC(S)O1. The van der Waals surface area contributed by atoms with E-state index >= 15 is 0 Å². The molecule has 0 aromatic heterocycles. The minimum Gasteiger partial charge on any atom is -0.481 e. The van der Waals surface area contributed by atoms with Gasteiger partial charge in [-0.2, -0.15) is 0 Å². The molecule has 0 fully saturated rings. The summed E-state index contributed by atoms with van der Waals surface area (Å²) < 4.78 is 50.4. The van der Waals surface area contributed by atoms with Crippen molar-refractivity contribution >= 4 is 18.5 Å². The zero-order valence-corrected chi connectivity index (χ0v) is 11.1. The molecule has 110 valence electrons. The molecule has 1 aromatic rings. The lowest BCUT2D eigenvalue weighted by Gasteiger charge is -2.15. The second-order valence-corrected chi connectivity index (χ2v) is 4.30. The van der Waals surface area contributed by atoms with Gasteiger partial charge in [-0.05, 0) is 31.2 Å². The number of hydrogen-bond donors (Lipinski definition) is 2. The van der Waals surface area contributed by atoms with Crippen molar-refractivity contribution in [2.75, 3.05) is 0 Å². The summed E-state index contributed by atoms with van der Waals surface area (Å²) >= 11 is 4.00. The molecule has 0 spiro atoms. The highest BCUT2D eigenvalue weighted by Crippen LogP contribution is 2.25. The fourth-order valence-electron chi connectivity index (χ4n) is 1.45. The van der Waals surface area contributed by atoms with Gasteiger partial charge in [0.15, 0.2) is 6.10 Å². The van der Waals surface area contributed by atoms with E-state index in [1.165, 1.54) is 12.1 Å². The van der Waals surface area contributed by atoms with Gasteiger partial charge in [0.2, 0.25) is 11.5 Å². The zero-order chi connectivity index (χ0) is 14.8. The van der Waals surface area contributed by atoms with Crippen LogP contribution in [0.3, 0.4) is 0 Å². The zero-order valence-electron chi connectivity index (χ0n) is 10.2. The number of rotatable bonds is 4. The molecule has 2 unspecified atom stereocenters. The van der Waals surface area contributed by atoms with Crippen molar-refractivity contribution in [3.8, 4) is 11.5 Å². The average Bonchev–Trinajstić information content (AvgIpc) is 2.77. The molecular weight excluding hydrogens is 297 g/mol. The molecule has 2 rings (SSSR count). The maximum atomic E-state index is 12.0. The van der Waals surface area contributed by atoms with Crippen molar-refractivity contribution in [2.24, 2.45) is 5.10 Å². The molecular formula is C11H11F3N2O3S. The second kappa shape index (κ2) is 5.70. The fourth-order valence-corrected chi connectivity index (χ4v) is 1.61. The Hall–Kier alpha value is -1.77. The van der Waals surface area contributed by atoms with Crippen LogP contribution in [0.2, 0.25) is 0 Å². The van der Waals surface area contributed by atoms with Crippen molar-refractivity contribution in [3.63, 3.8) is 0 Å². The predicted octanol–water partition coefficient (Wildman–Crippen LogP) is 2.50. The Labute approximate surface area is 118 Å². The maximum Gasteiger partial charge on any atom is 0.573 e. The minimum atomic E-state index is -4.71. The summed E-state index contributed by atoms with van der Waals surface area (Å²) in [5.41, 5.74) is 2.05. The van der Waals surface area contributed by atoms with Crippen LogP contribution in [-0.4, -0.2) is 23.9 Å². The summed E-state index contributed by atoms with van der Waals surface area (Å²) in [6.45, 7) is 1.69. The Morgan fingerprint density at radius 1 is 1.30 bits per heavy atom. The summed E-state index contributed by atoms with van der Waals surface area (Å²) in [7, 11) is 0. The highest BCUT2D eigenvalue weighted by Gasteiger charge is 2.31. The normalized spacial score (nSPS) is 19.6. The summed E-state index contributed by atoms with van der Waals surface area (Å²) in [6, 6.07) is 5.04. The highest BCUT2D eigenvalue weighted by atomic mass is 32.1. The van der Waals surface area contributed by atoms with E-state index in [1.54, 1.807) is 6.92 Å². The monoisotopic (exact) mass is 308 g/mol. The van der Waals surface area contributed by atoms with Crippen LogP contribution in [0, 0.1) is 0 Å². The molecule has 1 N–H and O–H groups in total. The number of halogens is 3. The van der Waals surface area contributed by atoms with Gasteiger partial charge in [0, 0.05) is 0 Å². The van der Waals surface area contributed by atoms with Gasteiger partial charge in [-0.3, -0.25) is 5.43 Å². The van der Waals surface area contributed by atoms with E-state index in [9.17, 15) is 13.2 Å². The van der Waals surface area contributed by atoms with Crippen molar-refractivity contribution in [1.82, 2.24) is 5.43 Å². The first kappa shape index (κ1) is 14.6. The quantitative estimate of drug-likeness (QED) is 0.839. The van der Waals surface area contributed by atoms with Gasteiger partial charge >= 0.3 is 6.36 Å². The van der Waals surface area contributed by atoms with E-state index in [2.05, 4.69) is 27.9 Å². The minimum absolute atomic E-state index is 0.306. The number of nitrogens with zero attached hydrogens (tertiary/aromatic N) is 1.